The Hall–Kier alpha value is -1.19. The van der Waals surface area contributed by atoms with E-state index in [2.05, 4.69) is 37.4 Å². The van der Waals surface area contributed by atoms with Crippen molar-refractivity contribution in [3.8, 4) is 0 Å². The van der Waals surface area contributed by atoms with Crippen molar-refractivity contribution in [1.82, 2.24) is 5.32 Å². The molecule has 0 saturated heterocycles. The molecule has 1 aromatic heterocycles. The average Bonchev–Trinajstić information content (AvgIpc) is 2.90. The number of nitrogens with one attached hydrogen (secondary N) is 1. The van der Waals surface area contributed by atoms with E-state index in [1.54, 1.807) is 12.1 Å². The molecule has 0 bridgehead atoms. The predicted molar refractivity (Wildman–Crippen MR) is 89.6 cm³/mol. The summed E-state index contributed by atoms with van der Waals surface area (Å²) in [7, 11) is 0. The third kappa shape index (κ3) is 4.65. The van der Waals surface area contributed by atoms with Gasteiger partial charge in [-0.2, -0.15) is 0 Å². The highest BCUT2D eigenvalue weighted by atomic mass is 32.1. The second-order valence-corrected chi connectivity index (χ2v) is 6.75. The quantitative estimate of drug-likeness (QED) is 0.755. The van der Waals surface area contributed by atoms with Gasteiger partial charge in [-0.1, -0.05) is 19.9 Å². The summed E-state index contributed by atoms with van der Waals surface area (Å²) in [6, 6.07) is 9.92. The Bertz CT molecular complexity index is 556. The molecule has 1 aromatic carbocycles. The standard InChI is InChI=1S/C18H24FNS/c1-4-8-20-18(12-17-7-6-16(5-2)21-17)14-9-13(3)10-15(19)11-14/h6-7,9-11,18,20H,4-5,8,12H2,1-3H3. The maximum atomic E-state index is 13.7. The molecule has 1 N–H and O–H groups in total. The second kappa shape index (κ2) is 7.71. The van der Waals surface area contributed by atoms with Gasteiger partial charge in [0.2, 0.25) is 0 Å². The van der Waals surface area contributed by atoms with E-state index in [1.807, 2.05) is 18.3 Å². The van der Waals surface area contributed by atoms with Crippen LogP contribution in [-0.4, -0.2) is 6.54 Å². The summed E-state index contributed by atoms with van der Waals surface area (Å²) in [5, 5.41) is 3.56. The molecule has 0 radical (unpaired) electrons. The number of hydrogen-bond acceptors (Lipinski definition) is 2. The Morgan fingerprint density at radius 2 is 1.90 bits per heavy atom. The summed E-state index contributed by atoms with van der Waals surface area (Å²) in [5.41, 5.74) is 2.03. The summed E-state index contributed by atoms with van der Waals surface area (Å²) in [6.45, 7) is 7.23. The van der Waals surface area contributed by atoms with E-state index in [9.17, 15) is 4.39 Å². The van der Waals surface area contributed by atoms with Crippen molar-refractivity contribution in [1.29, 1.82) is 0 Å². The molecule has 114 valence electrons. The van der Waals surface area contributed by atoms with Crippen molar-refractivity contribution in [3.63, 3.8) is 0 Å². The van der Waals surface area contributed by atoms with Crippen LogP contribution in [0.1, 0.15) is 47.2 Å². The summed E-state index contributed by atoms with van der Waals surface area (Å²) in [4.78, 5) is 2.78. The summed E-state index contributed by atoms with van der Waals surface area (Å²) < 4.78 is 13.7. The highest BCUT2D eigenvalue weighted by Gasteiger charge is 2.14. The topological polar surface area (TPSA) is 12.0 Å². The van der Waals surface area contributed by atoms with Crippen LogP contribution < -0.4 is 5.32 Å². The van der Waals surface area contributed by atoms with Crippen LogP contribution in [0.4, 0.5) is 4.39 Å². The third-order valence-corrected chi connectivity index (χ3v) is 4.83. The number of hydrogen-bond donors (Lipinski definition) is 1. The fourth-order valence-electron chi connectivity index (χ4n) is 2.52. The van der Waals surface area contributed by atoms with Gasteiger partial charge in [0, 0.05) is 22.2 Å². The van der Waals surface area contributed by atoms with Crippen LogP contribution in [-0.2, 0) is 12.8 Å². The van der Waals surface area contributed by atoms with E-state index in [0.717, 1.165) is 36.9 Å². The Balaban J connectivity index is 2.20. The number of benzene rings is 1. The molecule has 2 rings (SSSR count). The average molecular weight is 305 g/mol. The molecule has 0 spiro atoms. The first kappa shape index (κ1) is 16.2. The zero-order chi connectivity index (χ0) is 15.2. The Labute approximate surface area is 131 Å². The Kier molecular flexibility index (Phi) is 5.95. The van der Waals surface area contributed by atoms with Crippen LogP contribution in [0.15, 0.2) is 30.3 Å². The van der Waals surface area contributed by atoms with Gasteiger partial charge in [-0.15, -0.1) is 11.3 Å². The van der Waals surface area contributed by atoms with Crippen LogP contribution in [0.25, 0.3) is 0 Å². The molecule has 0 amide bonds. The van der Waals surface area contributed by atoms with Gasteiger partial charge in [0.25, 0.3) is 0 Å². The molecular weight excluding hydrogens is 281 g/mol. The van der Waals surface area contributed by atoms with E-state index in [4.69, 9.17) is 0 Å². The molecule has 0 fully saturated rings. The minimum Gasteiger partial charge on any atom is -0.310 e. The minimum atomic E-state index is -0.145. The molecule has 1 heterocycles. The lowest BCUT2D eigenvalue weighted by atomic mass is 10.0. The molecule has 1 unspecified atom stereocenters. The first-order valence-electron chi connectivity index (χ1n) is 7.70. The molecule has 2 aromatic rings. The van der Waals surface area contributed by atoms with Crippen LogP contribution in [0.2, 0.25) is 0 Å². The Morgan fingerprint density at radius 3 is 2.52 bits per heavy atom. The molecule has 0 aliphatic carbocycles. The molecule has 0 aliphatic heterocycles. The van der Waals surface area contributed by atoms with Crippen LogP contribution in [0, 0.1) is 12.7 Å². The van der Waals surface area contributed by atoms with Crippen molar-refractivity contribution >= 4 is 11.3 Å². The molecule has 1 atom stereocenters. The lowest BCUT2D eigenvalue weighted by Crippen LogP contribution is -2.24. The fourth-order valence-corrected chi connectivity index (χ4v) is 3.52. The van der Waals surface area contributed by atoms with Gasteiger partial charge in [0.05, 0.1) is 0 Å². The number of rotatable bonds is 7. The highest BCUT2D eigenvalue weighted by molar-refractivity contribution is 7.11. The smallest absolute Gasteiger partial charge is 0.123 e. The lowest BCUT2D eigenvalue weighted by Gasteiger charge is -2.19. The Morgan fingerprint density at radius 1 is 1.14 bits per heavy atom. The van der Waals surface area contributed by atoms with Crippen LogP contribution >= 0.6 is 11.3 Å². The van der Waals surface area contributed by atoms with E-state index >= 15 is 0 Å². The number of thiophene rings is 1. The van der Waals surface area contributed by atoms with Gasteiger partial charge in [-0.05, 0) is 61.7 Å². The van der Waals surface area contributed by atoms with Crippen LogP contribution in [0.5, 0.6) is 0 Å². The van der Waals surface area contributed by atoms with Crippen molar-refractivity contribution < 1.29 is 4.39 Å². The van der Waals surface area contributed by atoms with Gasteiger partial charge in [-0.25, -0.2) is 4.39 Å². The van der Waals surface area contributed by atoms with Gasteiger partial charge in [0.15, 0.2) is 0 Å². The zero-order valence-electron chi connectivity index (χ0n) is 13.1. The molecule has 3 heteroatoms. The normalized spacial score (nSPS) is 12.6. The molecule has 21 heavy (non-hydrogen) atoms. The van der Waals surface area contributed by atoms with Crippen LogP contribution in [0.3, 0.4) is 0 Å². The summed E-state index contributed by atoms with van der Waals surface area (Å²) in [6.07, 6.45) is 3.08. The molecule has 0 aliphatic rings. The molecular formula is C18H24FNS. The van der Waals surface area contributed by atoms with Crippen molar-refractivity contribution in [3.05, 3.63) is 57.0 Å². The molecule has 1 nitrogen and oxygen atoms in total. The van der Waals surface area contributed by atoms with E-state index in [1.165, 1.54) is 9.75 Å². The second-order valence-electron chi connectivity index (χ2n) is 5.49. The van der Waals surface area contributed by atoms with Gasteiger partial charge >= 0.3 is 0 Å². The predicted octanol–water partition coefficient (Wildman–Crippen LogP) is 5.04. The van der Waals surface area contributed by atoms with Crippen molar-refractivity contribution in [2.45, 2.75) is 46.1 Å². The van der Waals surface area contributed by atoms with Crippen molar-refractivity contribution in [2.24, 2.45) is 0 Å². The summed E-state index contributed by atoms with van der Waals surface area (Å²) in [5.74, 6) is -0.145. The first-order chi connectivity index (χ1) is 10.1. The van der Waals surface area contributed by atoms with E-state index < -0.39 is 0 Å². The maximum Gasteiger partial charge on any atom is 0.123 e. The fraction of sp³-hybridized carbons (Fsp3) is 0.444. The summed E-state index contributed by atoms with van der Waals surface area (Å²) >= 11 is 1.86. The SMILES string of the molecule is CCCNC(Cc1ccc(CC)s1)c1cc(C)cc(F)c1. The largest absolute Gasteiger partial charge is 0.310 e. The zero-order valence-corrected chi connectivity index (χ0v) is 13.9. The third-order valence-electron chi connectivity index (χ3n) is 3.58. The van der Waals surface area contributed by atoms with Crippen molar-refractivity contribution in [2.75, 3.05) is 6.54 Å². The number of halogens is 1. The van der Waals surface area contributed by atoms with Gasteiger partial charge in [0.1, 0.15) is 5.82 Å². The lowest BCUT2D eigenvalue weighted by molar-refractivity contribution is 0.526. The van der Waals surface area contributed by atoms with Gasteiger partial charge < -0.3 is 5.32 Å². The van der Waals surface area contributed by atoms with E-state index in [0.29, 0.717) is 0 Å². The molecule has 0 saturated carbocycles. The minimum absolute atomic E-state index is 0.145. The van der Waals surface area contributed by atoms with Gasteiger partial charge in [-0.3, -0.25) is 0 Å². The highest BCUT2D eigenvalue weighted by Crippen LogP contribution is 2.25. The van der Waals surface area contributed by atoms with E-state index in [-0.39, 0.29) is 11.9 Å². The number of aryl methyl sites for hydroxylation is 2. The monoisotopic (exact) mass is 305 g/mol. The first-order valence-corrected chi connectivity index (χ1v) is 8.52. The maximum absolute atomic E-state index is 13.7.